The number of aromatic nitrogens is 1. The first-order chi connectivity index (χ1) is 12.0. The second-order valence-electron chi connectivity index (χ2n) is 5.74. The Bertz CT molecular complexity index is 979. The third kappa shape index (κ3) is 3.83. The largest absolute Gasteiger partial charge is 0.322 e. The van der Waals surface area contributed by atoms with Gasteiger partial charge in [0.1, 0.15) is 5.82 Å². The van der Waals surface area contributed by atoms with Crippen molar-refractivity contribution in [2.45, 2.75) is 13.5 Å². The highest BCUT2D eigenvalue weighted by molar-refractivity contribution is 6.04. The molecule has 0 atom stereocenters. The number of benzene rings is 2. The van der Waals surface area contributed by atoms with E-state index in [1.807, 2.05) is 31.2 Å². The summed E-state index contributed by atoms with van der Waals surface area (Å²) < 4.78 is 15.1. The number of anilines is 1. The number of pyridine rings is 1. The van der Waals surface area contributed by atoms with Crippen molar-refractivity contribution in [1.29, 1.82) is 0 Å². The van der Waals surface area contributed by atoms with Gasteiger partial charge in [0.25, 0.3) is 11.5 Å². The van der Waals surface area contributed by atoms with Crippen molar-refractivity contribution < 1.29 is 9.18 Å². The highest BCUT2D eigenvalue weighted by Crippen LogP contribution is 2.14. The minimum Gasteiger partial charge on any atom is -0.322 e. The number of amides is 1. The second-order valence-corrected chi connectivity index (χ2v) is 5.74. The molecule has 1 N–H and O–H groups in total. The van der Waals surface area contributed by atoms with Crippen LogP contribution in [0.3, 0.4) is 0 Å². The smallest absolute Gasteiger partial charge is 0.257 e. The summed E-state index contributed by atoms with van der Waals surface area (Å²) in [5.74, 6) is -0.708. The number of rotatable bonds is 4. The van der Waals surface area contributed by atoms with Crippen LogP contribution < -0.4 is 10.9 Å². The molecular weight excluding hydrogens is 319 g/mol. The molecule has 126 valence electrons. The molecule has 3 aromatic rings. The SMILES string of the molecule is Cc1ccccc1NC(=O)c1ccc(=O)n(Cc2ccccc2F)c1. The van der Waals surface area contributed by atoms with Gasteiger partial charge in [-0.3, -0.25) is 9.59 Å². The van der Waals surface area contributed by atoms with Crippen LogP contribution in [0.1, 0.15) is 21.5 Å². The van der Waals surface area contributed by atoms with Crippen LogP contribution in [0.4, 0.5) is 10.1 Å². The van der Waals surface area contributed by atoms with E-state index in [0.29, 0.717) is 16.8 Å². The molecule has 25 heavy (non-hydrogen) atoms. The Kier molecular flexibility index (Phi) is 4.75. The average Bonchev–Trinajstić information content (AvgIpc) is 2.60. The fourth-order valence-corrected chi connectivity index (χ4v) is 2.51. The highest BCUT2D eigenvalue weighted by atomic mass is 19.1. The Morgan fingerprint density at radius 3 is 2.52 bits per heavy atom. The topological polar surface area (TPSA) is 51.1 Å². The Labute approximate surface area is 144 Å². The van der Waals surface area contributed by atoms with E-state index in [9.17, 15) is 14.0 Å². The number of nitrogens with one attached hydrogen (secondary N) is 1. The van der Waals surface area contributed by atoms with Gasteiger partial charge >= 0.3 is 0 Å². The molecule has 0 saturated carbocycles. The van der Waals surface area contributed by atoms with Crippen molar-refractivity contribution in [2.75, 3.05) is 5.32 Å². The molecule has 0 saturated heterocycles. The summed E-state index contributed by atoms with van der Waals surface area (Å²) in [4.78, 5) is 24.5. The Balaban J connectivity index is 1.86. The van der Waals surface area contributed by atoms with Crippen molar-refractivity contribution in [1.82, 2.24) is 4.57 Å². The lowest BCUT2D eigenvalue weighted by Gasteiger charge is -2.11. The molecule has 0 fully saturated rings. The molecule has 4 nitrogen and oxygen atoms in total. The van der Waals surface area contributed by atoms with E-state index in [2.05, 4.69) is 5.32 Å². The average molecular weight is 336 g/mol. The third-order valence-electron chi connectivity index (χ3n) is 3.94. The molecule has 0 aliphatic rings. The van der Waals surface area contributed by atoms with Gasteiger partial charge in [0.2, 0.25) is 0 Å². The number of hydrogen-bond donors (Lipinski definition) is 1. The quantitative estimate of drug-likeness (QED) is 0.791. The molecule has 0 spiro atoms. The number of para-hydroxylation sites is 1. The number of halogens is 1. The lowest BCUT2D eigenvalue weighted by atomic mass is 10.2. The molecule has 0 unspecified atom stereocenters. The Morgan fingerprint density at radius 1 is 1.04 bits per heavy atom. The van der Waals surface area contributed by atoms with Crippen molar-refractivity contribution in [3.8, 4) is 0 Å². The lowest BCUT2D eigenvalue weighted by molar-refractivity contribution is 0.102. The van der Waals surface area contributed by atoms with Crippen LogP contribution in [0.2, 0.25) is 0 Å². The number of aryl methyl sites for hydroxylation is 1. The van der Waals surface area contributed by atoms with Gasteiger partial charge in [-0.05, 0) is 30.7 Å². The van der Waals surface area contributed by atoms with E-state index >= 15 is 0 Å². The van der Waals surface area contributed by atoms with Crippen molar-refractivity contribution in [3.05, 3.63) is 99.7 Å². The summed E-state index contributed by atoms with van der Waals surface area (Å²) in [5.41, 5.74) is 2.07. The summed E-state index contributed by atoms with van der Waals surface area (Å²) in [6.07, 6.45) is 1.45. The van der Waals surface area contributed by atoms with Crippen LogP contribution in [0.25, 0.3) is 0 Å². The molecule has 2 aromatic carbocycles. The monoisotopic (exact) mass is 336 g/mol. The molecule has 3 rings (SSSR count). The highest BCUT2D eigenvalue weighted by Gasteiger charge is 2.10. The summed E-state index contributed by atoms with van der Waals surface area (Å²) in [6, 6.07) is 16.5. The second kappa shape index (κ2) is 7.13. The molecule has 5 heteroatoms. The van der Waals surface area contributed by atoms with Crippen LogP contribution >= 0.6 is 0 Å². The van der Waals surface area contributed by atoms with Gasteiger partial charge in [-0.2, -0.15) is 0 Å². The van der Waals surface area contributed by atoms with E-state index in [1.165, 1.54) is 29.0 Å². The Morgan fingerprint density at radius 2 is 1.76 bits per heavy atom. The van der Waals surface area contributed by atoms with Gasteiger partial charge in [0.15, 0.2) is 0 Å². The first-order valence-electron chi connectivity index (χ1n) is 7.85. The molecule has 1 amide bonds. The standard InChI is InChI=1S/C20H17FN2O2/c1-14-6-2-5-9-18(14)22-20(25)16-10-11-19(24)23(13-16)12-15-7-3-4-8-17(15)21/h2-11,13H,12H2,1H3,(H,22,25). The van der Waals surface area contributed by atoms with Crippen molar-refractivity contribution >= 4 is 11.6 Å². The maximum absolute atomic E-state index is 13.8. The maximum atomic E-state index is 13.8. The summed E-state index contributed by atoms with van der Waals surface area (Å²) in [7, 11) is 0. The normalized spacial score (nSPS) is 10.5. The number of hydrogen-bond acceptors (Lipinski definition) is 2. The predicted octanol–water partition coefficient (Wildman–Crippen LogP) is 3.60. The third-order valence-corrected chi connectivity index (χ3v) is 3.94. The van der Waals surface area contributed by atoms with E-state index in [1.54, 1.807) is 18.2 Å². The molecule has 0 radical (unpaired) electrons. The van der Waals surface area contributed by atoms with Gasteiger partial charge in [-0.15, -0.1) is 0 Å². The van der Waals surface area contributed by atoms with Crippen LogP contribution in [-0.2, 0) is 6.54 Å². The van der Waals surface area contributed by atoms with E-state index in [-0.39, 0.29) is 23.8 Å². The maximum Gasteiger partial charge on any atom is 0.257 e. The summed E-state index contributed by atoms with van der Waals surface area (Å²) >= 11 is 0. The van der Waals surface area contributed by atoms with Crippen LogP contribution in [0.5, 0.6) is 0 Å². The van der Waals surface area contributed by atoms with Gasteiger partial charge < -0.3 is 9.88 Å². The van der Waals surface area contributed by atoms with Crippen LogP contribution in [-0.4, -0.2) is 10.5 Å². The molecular formula is C20H17FN2O2. The van der Waals surface area contributed by atoms with Crippen molar-refractivity contribution in [3.63, 3.8) is 0 Å². The van der Waals surface area contributed by atoms with Gasteiger partial charge in [0, 0.05) is 23.5 Å². The fraction of sp³-hybridized carbons (Fsp3) is 0.100. The molecule has 0 bridgehead atoms. The minimum atomic E-state index is -0.385. The summed E-state index contributed by atoms with van der Waals surface area (Å²) in [5, 5.41) is 2.82. The Hall–Kier alpha value is -3.21. The van der Waals surface area contributed by atoms with Crippen LogP contribution in [0, 0.1) is 12.7 Å². The van der Waals surface area contributed by atoms with Crippen molar-refractivity contribution in [2.24, 2.45) is 0 Å². The summed E-state index contributed by atoms with van der Waals surface area (Å²) in [6.45, 7) is 1.96. The number of nitrogens with zero attached hydrogens (tertiary/aromatic N) is 1. The first-order valence-corrected chi connectivity index (χ1v) is 7.85. The van der Waals surface area contributed by atoms with Crippen LogP contribution in [0.15, 0.2) is 71.7 Å². The van der Waals surface area contributed by atoms with Gasteiger partial charge in [0.05, 0.1) is 12.1 Å². The minimum absolute atomic E-state index is 0.0665. The number of carbonyl (C=O) groups excluding carboxylic acids is 1. The zero-order valence-electron chi connectivity index (χ0n) is 13.7. The molecule has 0 aliphatic carbocycles. The molecule has 1 heterocycles. The molecule has 0 aliphatic heterocycles. The predicted molar refractivity (Wildman–Crippen MR) is 95.3 cm³/mol. The van der Waals surface area contributed by atoms with E-state index in [0.717, 1.165) is 5.56 Å². The zero-order chi connectivity index (χ0) is 17.8. The molecule has 1 aromatic heterocycles. The zero-order valence-corrected chi connectivity index (χ0v) is 13.7. The fourth-order valence-electron chi connectivity index (χ4n) is 2.51. The number of carbonyl (C=O) groups is 1. The van der Waals surface area contributed by atoms with Gasteiger partial charge in [-0.25, -0.2) is 4.39 Å². The van der Waals surface area contributed by atoms with E-state index < -0.39 is 0 Å². The lowest BCUT2D eigenvalue weighted by Crippen LogP contribution is -2.23. The first kappa shape index (κ1) is 16.6. The van der Waals surface area contributed by atoms with Gasteiger partial charge in [-0.1, -0.05) is 36.4 Å². The van der Waals surface area contributed by atoms with E-state index in [4.69, 9.17) is 0 Å².